The van der Waals surface area contributed by atoms with Crippen molar-refractivity contribution in [1.29, 1.82) is 0 Å². The molecule has 0 saturated carbocycles. The second kappa shape index (κ2) is 6.65. The molecule has 5 nitrogen and oxygen atoms in total. The van der Waals surface area contributed by atoms with Crippen molar-refractivity contribution in [1.82, 2.24) is 9.97 Å². The van der Waals surface area contributed by atoms with Gasteiger partial charge in [0, 0.05) is 19.2 Å². The van der Waals surface area contributed by atoms with Gasteiger partial charge in [0.1, 0.15) is 23.8 Å². The minimum atomic E-state index is -0.249. The van der Waals surface area contributed by atoms with Crippen molar-refractivity contribution in [3.63, 3.8) is 0 Å². The minimum Gasteiger partial charge on any atom is -0.395 e. The van der Waals surface area contributed by atoms with Crippen LogP contribution >= 0.6 is 0 Å². The lowest BCUT2D eigenvalue weighted by atomic mass is 10.2. The van der Waals surface area contributed by atoms with Crippen LogP contribution in [0.25, 0.3) is 0 Å². The predicted molar refractivity (Wildman–Crippen MR) is 71.3 cm³/mol. The van der Waals surface area contributed by atoms with Gasteiger partial charge in [-0.1, -0.05) is 12.1 Å². The molecule has 0 aliphatic rings. The number of aliphatic hydroxyl groups is 1. The van der Waals surface area contributed by atoms with Gasteiger partial charge in [-0.15, -0.1) is 0 Å². The zero-order valence-electron chi connectivity index (χ0n) is 10.3. The van der Waals surface area contributed by atoms with E-state index in [0.717, 1.165) is 5.56 Å². The fourth-order valence-electron chi connectivity index (χ4n) is 1.53. The molecule has 6 heteroatoms. The molecule has 1 aromatic carbocycles. The molecule has 0 spiro atoms. The molecule has 0 saturated heterocycles. The van der Waals surface area contributed by atoms with E-state index < -0.39 is 0 Å². The Bertz CT molecular complexity index is 518. The highest BCUT2D eigenvalue weighted by Gasteiger charge is 1.99. The van der Waals surface area contributed by atoms with E-state index in [2.05, 4.69) is 20.6 Å². The molecular formula is C13H15FN4O. The fourth-order valence-corrected chi connectivity index (χ4v) is 1.53. The van der Waals surface area contributed by atoms with Gasteiger partial charge in [-0.3, -0.25) is 0 Å². The van der Waals surface area contributed by atoms with Crippen LogP contribution in [0.2, 0.25) is 0 Å². The van der Waals surface area contributed by atoms with Gasteiger partial charge < -0.3 is 15.7 Å². The van der Waals surface area contributed by atoms with Crippen molar-refractivity contribution in [2.75, 3.05) is 23.8 Å². The highest BCUT2D eigenvalue weighted by Crippen LogP contribution is 2.10. The molecule has 0 aliphatic carbocycles. The van der Waals surface area contributed by atoms with Crippen LogP contribution in [0.5, 0.6) is 0 Å². The zero-order valence-corrected chi connectivity index (χ0v) is 10.3. The van der Waals surface area contributed by atoms with Gasteiger partial charge in [-0.05, 0) is 17.7 Å². The first-order valence-corrected chi connectivity index (χ1v) is 5.93. The summed E-state index contributed by atoms with van der Waals surface area (Å²) in [5.41, 5.74) is 0.963. The van der Waals surface area contributed by atoms with E-state index in [9.17, 15) is 4.39 Å². The van der Waals surface area contributed by atoms with E-state index in [1.165, 1.54) is 18.5 Å². The van der Waals surface area contributed by atoms with Crippen LogP contribution in [0.15, 0.2) is 36.7 Å². The van der Waals surface area contributed by atoms with Crippen LogP contribution < -0.4 is 10.6 Å². The first-order chi connectivity index (χ1) is 9.28. The number of rotatable bonds is 6. The van der Waals surface area contributed by atoms with E-state index in [1.807, 2.05) is 0 Å². The lowest BCUT2D eigenvalue weighted by Gasteiger charge is -2.08. The van der Waals surface area contributed by atoms with Gasteiger partial charge in [0.25, 0.3) is 0 Å². The number of aromatic nitrogens is 2. The number of halogens is 1. The molecule has 2 rings (SSSR count). The maximum atomic E-state index is 12.8. The molecule has 2 aromatic rings. The average molecular weight is 262 g/mol. The monoisotopic (exact) mass is 262 g/mol. The molecule has 3 N–H and O–H groups in total. The van der Waals surface area contributed by atoms with Crippen LogP contribution in [-0.4, -0.2) is 28.2 Å². The summed E-state index contributed by atoms with van der Waals surface area (Å²) in [5.74, 6) is 1.06. The summed E-state index contributed by atoms with van der Waals surface area (Å²) in [6.07, 6.45) is 1.44. The van der Waals surface area contributed by atoms with Crippen LogP contribution in [-0.2, 0) is 6.54 Å². The molecule has 1 heterocycles. The number of nitrogens with one attached hydrogen (secondary N) is 2. The summed E-state index contributed by atoms with van der Waals surface area (Å²) in [7, 11) is 0. The first kappa shape index (κ1) is 13.2. The molecular weight excluding hydrogens is 247 g/mol. The van der Waals surface area contributed by atoms with Gasteiger partial charge in [0.05, 0.1) is 6.61 Å². The van der Waals surface area contributed by atoms with Gasteiger partial charge in [-0.25, -0.2) is 14.4 Å². The number of benzene rings is 1. The lowest BCUT2D eigenvalue weighted by molar-refractivity contribution is 0.311. The summed E-state index contributed by atoms with van der Waals surface area (Å²) >= 11 is 0. The standard InChI is InChI=1S/C13H15FN4O/c14-11-3-1-10(2-4-11)8-16-13-7-12(15-5-6-19)17-9-18-13/h1-4,7,9,19H,5-6,8H2,(H2,15,16,17,18). The minimum absolute atomic E-state index is 0.0440. The van der Waals surface area contributed by atoms with E-state index >= 15 is 0 Å². The average Bonchev–Trinajstić information content (AvgIpc) is 2.45. The van der Waals surface area contributed by atoms with E-state index in [-0.39, 0.29) is 12.4 Å². The topological polar surface area (TPSA) is 70.1 Å². The Hall–Kier alpha value is -2.21. The number of hydrogen-bond donors (Lipinski definition) is 3. The van der Waals surface area contributed by atoms with E-state index in [0.29, 0.717) is 24.7 Å². The van der Waals surface area contributed by atoms with E-state index in [1.54, 1.807) is 18.2 Å². The van der Waals surface area contributed by atoms with Crippen molar-refractivity contribution < 1.29 is 9.50 Å². The van der Waals surface area contributed by atoms with E-state index in [4.69, 9.17) is 5.11 Å². The Morgan fingerprint density at radius 2 is 1.74 bits per heavy atom. The Kier molecular flexibility index (Phi) is 4.63. The molecule has 1 aromatic heterocycles. The molecule has 0 unspecified atom stereocenters. The zero-order chi connectivity index (χ0) is 13.5. The van der Waals surface area contributed by atoms with Crippen LogP contribution in [0, 0.1) is 5.82 Å². The van der Waals surface area contributed by atoms with Gasteiger partial charge in [0.2, 0.25) is 0 Å². The Labute approximate surface area is 110 Å². The third-order valence-corrected chi connectivity index (χ3v) is 2.47. The second-order valence-electron chi connectivity index (χ2n) is 3.92. The second-order valence-corrected chi connectivity index (χ2v) is 3.92. The van der Waals surface area contributed by atoms with Crippen LogP contribution in [0.3, 0.4) is 0 Å². The molecule has 0 fully saturated rings. The summed E-state index contributed by atoms with van der Waals surface area (Å²) in [5, 5.41) is 14.8. The van der Waals surface area contributed by atoms with Crippen molar-refractivity contribution in [3.8, 4) is 0 Å². The van der Waals surface area contributed by atoms with Crippen molar-refractivity contribution in [2.24, 2.45) is 0 Å². The summed E-state index contributed by atoms with van der Waals surface area (Å²) in [6.45, 7) is 1.04. The number of hydrogen-bond acceptors (Lipinski definition) is 5. The maximum absolute atomic E-state index is 12.8. The molecule has 0 atom stereocenters. The Balaban J connectivity index is 1.93. The van der Waals surface area contributed by atoms with Gasteiger partial charge in [0.15, 0.2) is 0 Å². The largest absolute Gasteiger partial charge is 0.395 e. The van der Waals surface area contributed by atoms with Crippen molar-refractivity contribution >= 4 is 11.6 Å². The first-order valence-electron chi connectivity index (χ1n) is 5.93. The smallest absolute Gasteiger partial charge is 0.131 e. The quantitative estimate of drug-likeness (QED) is 0.738. The molecule has 0 radical (unpaired) electrons. The van der Waals surface area contributed by atoms with Crippen molar-refractivity contribution in [3.05, 3.63) is 48.0 Å². The summed E-state index contributed by atoms with van der Waals surface area (Å²) in [6, 6.07) is 8.03. The predicted octanol–water partition coefficient (Wildman–Crippen LogP) is 1.63. The Morgan fingerprint density at radius 1 is 1.05 bits per heavy atom. The molecule has 100 valence electrons. The number of anilines is 2. The molecule has 0 amide bonds. The highest BCUT2D eigenvalue weighted by molar-refractivity contribution is 5.46. The maximum Gasteiger partial charge on any atom is 0.131 e. The van der Waals surface area contributed by atoms with Gasteiger partial charge in [-0.2, -0.15) is 0 Å². The molecule has 0 aliphatic heterocycles. The molecule has 19 heavy (non-hydrogen) atoms. The summed E-state index contributed by atoms with van der Waals surface area (Å²) in [4.78, 5) is 8.10. The summed E-state index contributed by atoms with van der Waals surface area (Å²) < 4.78 is 12.8. The normalized spacial score (nSPS) is 10.2. The van der Waals surface area contributed by atoms with Crippen LogP contribution in [0.4, 0.5) is 16.0 Å². The fraction of sp³-hybridized carbons (Fsp3) is 0.231. The number of aliphatic hydroxyl groups excluding tert-OH is 1. The van der Waals surface area contributed by atoms with Gasteiger partial charge >= 0.3 is 0 Å². The van der Waals surface area contributed by atoms with Crippen LogP contribution in [0.1, 0.15) is 5.56 Å². The van der Waals surface area contributed by atoms with Crippen molar-refractivity contribution in [2.45, 2.75) is 6.54 Å². The third kappa shape index (κ3) is 4.18. The Morgan fingerprint density at radius 3 is 2.42 bits per heavy atom. The highest BCUT2D eigenvalue weighted by atomic mass is 19.1. The SMILES string of the molecule is OCCNc1cc(NCc2ccc(F)cc2)ncn1. The number of nitrogens with zero attached hydrogens (tertiary/aromatic N) is 2. The lowest BCUT2D eigenvalue weighted by Crippen LogP contribution is -2.08. The molecule has 0 bridgehead atoms. The third-order valence-electron chi connectivity index (χ3n) is 2.47.